The number of fused-ring (bicyclic) bond motifs is 8. The molecule has 1 aromatic carbocycles. The van der Waals surface area contributed by atoms with Gasteiger partial charge in [-0.25, -0.2) is 0 Å². The summed E-state index contributed by atoms with van der Waals surface area (Å²) in [5.41, 5.74) is 2.11. The third-order valence-corrected chi connectivity index (χ3v) is 5.57. The predicted molar refractivity (Wildman–Crippen MR) is 82.8 cm³/mol. The molecule has 2 bridgehead atoms. The average molecular weight is 311 g/mol. The summed E-state index contributed by atoms with van der Waals surface area (Å²) in [4.78, 5) is 27.4. The number of hydrogen-bond donors (Lipinski definition) is 0. The lowest BCUT2D eigenvalue weighted by Gasteiger charge is -2.35. The monoisotopic (exact) mass is 311 g/mol. The maximum absolute atomic E-state index is 12.8. The Morgan fingerprint density at radius 2 is 2.13 bits per heavy atom. The lowest BCUT2D eigenvalue weighted by atomic mass is 9.78. The van der Waals surface area contributed by atoms with Crippen molar-refractivity contribution in [1.29, 1.82) is 0 Å². The number of ether oxygens (including phenoxy) is 2. The van der Waals surface area contributed by atoms with Gasteiger partial charge in [0.15, 0.2) is 11.6 Å². The van der Waals surface area contributed by atoms with Crippen molar-refractivity contribution in [2.45, 2.75) is 31.4 Å². The van der Waals surface area contributed by atoms with Gasteiger partial charge < -0.3 is 14.4 Å². The van der Waals surface area contributed by atoms with E-state index in [2.05, 4.69) is 17.1 Å². The summed E-state index contributed by atoms with van der Waals surface area (Å²) in [6.45, 7) is 2.00. The first-order valence-corrected chi connectivity index (χ1v) is 8.03. The van der Waals surface area contributed by atoms with Crippen molar-refractivity contribution >= 4 is 23.3 Å². The van der Waals surface area contributed by atoms with Crippen molar-refractivity contribution < 1.29 is 19.1 Å². The molecule has 0 amide bonds. The quantitative estimate of drug-likeness (QED) is 0.785. The highest BCUT2D eigenvalue weighted by Gasteiger charge is 2.62. The van der Waals surface area contributed by atoms with E-state index < -0.39 is 6.29 Å². The van der Waals surface area contributed by atoms with Gasteiger partial charge in [0.2, 0.25) is 6.29 Å². The van der Waals surface area contributed by atoms with Crippen molar-refractivity contribution in [1.82, 2.24) is 0 Å². The average Bonchev–Trinajstić information content (AvgIpc) is 3.13. The molecule has 0 aliphatic carbocycles. The Bertz CT molecular complexity index is 742. The number of Topliss-reactive ketones (excluding diaryl/α,β-unsaturated/α-hetero) is 2. The molecule has 0 unspecified atom stereocenters. The third kappa shape index (κ3) is 1.64. The van der Waals surface area contributed by atoms with E-state index in [1.165, 1.54) is 0 Å². The number of nitrogens with zero attached hydrogens (tertiary/aromatic N) is 1. The van der Waals surface area contributed by atoms with Gasteiger partial charge in [-0.3, -0.25) is 9.59 Å². The highest BCUT2D eigenvalue weighted by atomic mass is 16.7. The molecule has 5 heteroatoms. The minimum Gasteiger partial charge on any atom is -0.353 e. The van der Waals surface area contributed by atoms with E-state index in [1.807, 2.05) is 24.3 Å². The zero-order valence-electron chi connectivity index (χ0n) is 12.7. The molecule has 0 aromatic heterocycles. The number of para-hydroxylation sites is 1. The molecule has 4 aliphatic rings. The molecule has 0 saturated carbocycles. The molecule has 3 fully saturated rings. The van der Waals surface area contributed by atoms with Crippen LogP contribution in [0.1, 0.15) is 12.5 Å². The largest absolute Gasteiger partial charge is 0.353 e. The Balaban J connectivity index is 1.69. The van der Waals surface area contributed by atoms with E-state index in [0.717, 1.165) is 11.3 Å². The molecule has 0 spiro atoms. The summed E-state index contributed by atoms with van der Waals surface area (Å²) in [5, 5.41) is 0. The fourth-order valence-corrected chi connectivity index (χ4v) is 4.74. The van der Waals surface area contributed by atoms with Crippen LogP contribution in [0, 0.1) is 11.8 Å². The van der Waals surface area contributed by atoms with Gasteiger partial charge in [-0.05, 0) is 18.6 Å². The molecule has 5 nitrogen and oxygen atoms in total. The summed E-state index contributed by atoms with van der Waals surface area (Å²) >= 11 is 0. The van der Waals surface area contributed by atoms with Crippen LogP contribution in [0.2, 0.25) is 0 Å². The normalized spacial score (nSPS) is 39.9. The summed E-state index contributed by atoms with van der Waals surface area (Å²) in [6, 6.07) is 7.59. The van der Waals surface area contributed by atoms with Crippen molar-refractivity contribution in [3.63, 3.8) is 0 Å². The molecule has 3 saturated heterocycles. The Labute approximate surface area is 133 Å². The maximum Gasteiger partial charge on any atom is 0.218 e. The predicted octanol–water partition coefficient (Wildman–Crippen LogP) is 1.42. The van der Waals surface area contributed by atoms with Crippen LogP contribution in [-0.4, -0.2) is 42.7 Å². The van der Waals surface area contributed by atoms with Crippen LogP contribution in [0.3, 0.4) is 0 Å². The minimum atomic E-state index is -0.751. The zero-order chi connectivity index (χ0) is 15.7. The second kappa shape index (κ2) is 4.52. The summed E-state index contributed by atoms with van der Waals surface area (Å²) in [6.07, 6.45) is 3.19. The number of ketones is 2. The summed E-state index contributed by atoms with van der Waals surface area (Å²) in [7, 11) is 0. The smallest absolute Gasteiger partial charge is 0.218 e. The van der Waals surface area contributed by atoms with Crippen LogP contribution in [0.4, 0.5) is 5.69 Å². The molecule has 0 radical (unpaired) electrons. The summed E-state index contributed by atoms with van der Waals surface area (Å²) < 4.78 is 11.2. The van der Waals surface area contributed by atoms with Gasteiger partial charge in [0.05, 0.1) is 30.7 Å². The Kier molecular flexibility index (Phi) is 2.65. The molecule has 5 rings (SSSR count). The molecule has 4 aliphatic heterocycles. The molecule has 118 valence electrons. The van der Waals surface area contributed by atoms with E-state index >= 15 is 0 Å². The minimum absolute atomic E-state index is 0.0217. The van der Waals surface area contributed by atoms with Crippen molar-refractivity contribution in [3.8, 4) is 0 Å². The number of carbonyl (C=O) groups is 2. The Morgan fingerprint density at radius 3 is 2.96 bits per heavy atom. The lowest BCUT2D eigenvalue weighted by molar-refractivity contribution is -0.164. The van der Waals surface area contributed by atoms with Gasteiger partial charge in [-0.15, -0.1) is 0 Å². The van der Waals surface area contributed by atoms with E-state index in [0.29, 0.717) is 6.61 Å². The fourth-order valence-electron chi connectivity index (χ4n) is 4.74. The van der Waals surface area contributed by atoms with Crippen LogP contribution in [0.15, 0.2) is 30.3 Å². The van der Waals surface area contributed by atoms with E-state index in [9.17, 15) is 9.59 Å². The summed E-state index contributed by atoms with van der Waals surface area (Å²) in [5.74, 6) is -0.319. The highest BCUT2D eigenvalue weighted by Crippen LogP contribution is 2.50. The Morgan fingerprint density at radius 1 is 1.30 bits per heavy atom. The van der Waals surface area contributed by atoms with E-state index in [4.69, 9.17) is 9.47 Å². The highest BCUT2D eigenvalue weighted by molar-refractivity contribution is 5.95. The number of rotatable bonds is 1. The molecule has 4 heterocycles. The number of carbonyl (C=O) groups excluding carboxylic acids is 2. The van der Waals surface area contributed by atoms with Gasteiger partial charge >= 0.3 is 0 Å². The van der Waals surface area contributed by atoms with Gasteiger partial charge in [0.1, 0.15) is 0 Å². The number of anilines is 1. The van der Waals surface area contributed by atoms with Crippen LogP contribution >= 0.6 is 0 Å². The van der Waals surface area contributed by atoms with Crippen molar-refractivity contribution in [3.05, 3.63) is 35.9 Å². The zero-order valence-corrected chi connectivity index (χ0v) is 12.7. The third-order valence-electron chi connectivity index (χ3n) is 5.57. The van der Waals surface area contributed by atoms with Gasteiger partial charge in [-0.1, -0.05) is 30.4 Å². The lowest BCUT2D eigenvalue weighted by Crippen LogP contribution is -2.48. The standard InChI is InChI=1S/C18H17NO4/c1-9(20)16-15-13-8-22-18(23-13)17(21)14(15)12-7-6-10-4-2-3-5-11(10)19(12)16/h2-7,12-16,18H,8H2,1H3/t12-,13-,14+,15+,16+,18+/m0/s1. The number of hydrogen-bond acceptors (Lipinski definition) is 5. The van der Waals surface area contributed by atoms with Gasteiger partial charge in [0, 0.05) is 11.6 Å². The molecule has 23 heavy (non-hydrogen) atoms. The SMILES string of the molecule is CC(=O)[C@@H]1[C@H]2[C@H](C(=O)[C@@H]3OC[C@@H]2O3)[C@@H]2C=Cc3ccccc3N12. The van der Waals surface area contributed by atoms with Gasteiger partial charge in [0.25, 0.3) is 0 Å². The second-order valence-electron chi connectivity index (χ2n) is 6.72. The first-order valence-electron chi connectivity index (χ1n) is 8.03. The first kappa shape index (κ1) is 13.5. The van der Waals surface area contributed by atoms with E-state index in [-0.39, 0.29) is 41.6 Å². The first-order chi connectivity index (χ1) is 11.2. The van der Waals surface area contributed by atoms with Crippen LogP contribution < -0.4 is 4.90 Å². The topological polar surface area (TPSA) is 55.8 Å². The van der Waals surface area contributed by atoms with Crippen LogP contribution in [0.5, 0.6) is 0 Å². The van der Waals surface area contributed by atoms with Gasteiger partial charge in [-0.2, -0.15) is 0 Å². The maximum atomic E-state index is 12.8. The van der Waals surface area contributed by atoms with Crippen molar-refractivity contribution in [2.24, 2.45) is 11.8 Å². The molecule has 1 aromatic rings. The molecular formula is C18H17NO4. The fraction of sp³-hybridized carbons (Fsp3) is 0.444. The second-order valence-corrected chi connectivity index (χ2v) is 6.72. The molecule has 0 N–H and O–H groups in total. The Hall–Kier alpha value is -1.98. The number of benzene rings is 1. The van der Waals surface area contributed by atoms with E-state index in [1.54, 1.807) is 6.92 Å². The molecule has 6 atom stereocenters. The molecular weight excluding hydrogens is 294 g/mol. The van der Waals surface area contributed by atoms with Crippen molar-refractivity contribution in [2.75, 3.05) is 11.5 Å². The van der Waals surface area contributed by atoms with Crippen LogP contribution in [-0.2, 0) is 19.1 Å². The van der Waals surface area contributed by atoms with Crippen LogP contribution in [0.25, 0.3) is 6.08 Å².